The molecule has 0 fully saturated rings. The monoisotopic (exact) mass is 504 g/mol. The van der Waals surface area contributed by atoms with Gasteiger partial charge in [0.25, 0.3) is 5.69 Å². The molecule has 0 spiro atoms. The highest BCUT2D eigenvalue weighted by Gasteiger charge is 2.23. The van der Waals surface area contributed by atoms with Gasteiger partial charge >= 0.3 is 17.6 Å². The van der Waals surface area contributed by atoms with Crippen molar-refractivity contribution in [2.24, 2.45) is 10.2 Å². The molecule has 0 atom stereocenters. The Morgan fingerprint density at radius 2 is 1.35 bits per heavy atom. The van der Waals surface area contributed by atoms with Crippen molar-refractivity contribution in [3.8, 4) is 17.2 Å². The van der Waals surface area contributed by atoms with Gasteiger partial charge in [0.1, 0.15) is 22.9 Å². The van der Waals surface area contributed by atoms with E-state index in [1.54, 1.807) is 12.1 Å². The number of rotatable bonds is 6. The van der Waals surface area contributed by atoms with Gasteiger partial charge in [-0.2, -0.15) is 0 Å². The van der Waals surface area contributed by atoms with Crippen molar-refractivity contribution >= 4 is 56.2 Å². The van der Waals surface area contributed by atoms with Crippen LogP contribution in [0.5, 0.6) is 17.2 Å². The van der Waals surface area contributed by atoms with E-state index in [0.29, 0.717) is 0 Å². The molecular weight excluding hydrogens is 488 g/mol. The van der Waals surface area contributed by atoms with Crippen LogP contribution in [0, 0.1) is 20.2 Å². The molecule has 4 aromatic carbocycles. The molecule has 0 aliphatic heterocycles. The maximum Gasteiger partial charge on any atom is 0.308 e. The number of ether oxygens (including phenoxy) is 2. The van der Waals surface area contributed by atoms with Gasteiger partial charge in [-0.3, -0.25) is 29.8 Å². The number of hydrogen-bond acceptors (Lipinski definition) is 11. The smallest absolute Gasteiger partial charge is 0.308 e. The molecule has 4 rings (SSSR count). The van der Waals surface area contributed by atoms with E-state index >= 15 is 0 Å². The highest BCUT2D eigenvalue weighted by atomic mass is 16.6. The van der Waals surface area contributed by atoms with E-state index in [0.717, 1.165) is 18.2 Å². The SMILES string of the molecule is CC(=O)Oc1cccc2c(N=Nc3ccc([N+](=O)[O-])cc3[N+](=O)[O-])c3cccc(OC(C)=O)c3c(O)c12. The van der Waals surface area contributed by atoms with E-state index in [-0.39, 0.29) is 50.2 Å². The van der Waals surface area contributed by atoms with Crippen molar-refractivity contribution in [2.45, 2.75) is 13.8 Å². The third-order valence-electron chi connectivity index (χ3n) is 5.17. The van der Waals surface area contributed by atoms with Crippen LogP contribution >= 0.6 is 0 Å². The Kier molecular flexibility index (Phi) is 6.43. The molecule has 0 aromatic heterocycles. The van der Waals surface area contributed by atoms with Crippen LogP contribution < -0.4 is 9.47 Å². The number of carbonyl (C=O) groups is 2. The molecule has 13 nitrogen and oxygen atoms in total. The lowest BCUT2D eigenvalue weighted by Crippen LogP contribution is -2.03. The molecular formula is C24H16N4O9. The van der Waals surface area contributed by atoms with Crippen LogP contribution in [0.15, 0.2) is 64.8 Å². The van der Waals surface area contributed by atoms with Crippen LogP contribution in [0.4, 0.5) is 22.7 Å². The maximum absolute atomic E-state index is 11.7. The zero-order valence-electron chi connectivity index (χ0n) is 19.2. The van der Waals surface area contributed by atoms with Gasteiger partial charge in [0.15, 0.2) is 5.69 Å². The van der Waals surface area contributed by atoms with Gasteiger partial charge in [0, 0.05) is 30.7 Å². The van der Waals surface area contributed by atoms with Crippen LogP contribution in [0.2, 0.25) is 0 Å². The predicted octanol–water partition coefficient (Wildman–Crippen LogP) is 5.78. The lowest BCUT2D eigenvalue weighted by atomic mass is 9.98. The normalized spacial score (nSPS) is 11.1. The zero-order chi connectivity index (χ0) is 26.9. The topological polar surface area (TPSA) is 184 Å². The van der Waals surface area contributed by atoms with E-state index in [1.807, 2.05) is 0 Å². The summed E-state index contributed by atoms with van der Waals surface area (Å²) in [6, 6.07) is 11.9. The number of azo groups is 1. The Hall–Kier alpha value is -5.46. The van der Waals surface area contributed by atoms with Crippen molar-refractivity contribution in [1.29, 1.82) is 0 Å². The summed E-state index contributed by atoms with van der Waals surface area (Å²) in [5.41, 5.74) is -1.31. The minimum absolute atomic E-state index is 0.0141. The summed E-state index contributed by atoms with van der Waals surface area (Å²) in [5, 5.41) is 42.6. The number of benzene rings is 4. The number of hydrogen-bond donors (Lipinski definition) is 1. The number of nitrogens with zero attached hydrogens (tertiary/aromatic N) is 4. The number of non-ortho nitro benzene ring substituents is 1. The first-order valence-corrected chi connectivity index (χ1v) is 10.5. The molecule has 186 valence electrons. The number of fused-ring (bicyclic) bond motifs is 2. The van der Waals surface area contributed by atoms with Crippen LogP contribution in [-0.4, -0.2) is 26.9 Å². The number of carbonyl (C=O) groups excluding carboxylic acids is 2. The number of nitro benzene ring substituents is 2. The van der Waals surface area contributed by atoms with Gasteiger partial charge in [0.2, 0.25) is 0 Å². The Morgan fingerprint density at radius 3 is 1.81 bits per heavy atom. The molecule has 4 aromatic rings. The predicted molar refractivity (Wildman–Crippen MR) is 130 cm³/mol. The molecule has 37 heavy (non-hydrogen) atoms. The summed E-state index contributed by atoms with van der Waals surface area (Å²) in [5.74, 6) is -1.71. The average molecular weight is 504 g/mol. The number of nitro groups is 2. The molecule has 0 bridgehead atoms. The van der Waals surface area contributed by atoms with Crippen LogP contribution in [0.1, 0.15) is 13.8 Å². The first-order chi connectivity index (χ1) is 17.6. The summed E-state index contributed by atoms with van der Waals surface area (Å²) in [7, 11) is 0. The molecule has 0 heterocycles. The fourth-order valence-corrected chi connectivity index (χ4v) is 3.76. The van der Waals surface area contributed by atoms with Crippen LogP contribution in [-0.2, 0) is 9.59 Å². The third kappa shape index (κ3) is 4.73. The standard InChI is InChI=1S/C24H16N4O9/c1-12(29)36-19-7-3-5-15-21(19)24(31)22-16(6-4-8-20(22)37-13(2)30)23(15)26-25-17-10-9-14(27(32)33)11-18(17)28(34)35/h3-11,31H,1-2H3. The summed E-state index contributed by atoms with van der Waals surface area (Å²) in [6.07, 6.45) is 0. The Morgan fingerprint density at radius 1 is 0.811 bits per heavy atom. The molecule has 0 unspecified atom stereocenters. The lowest BCUT2D eigenvalue weighted by Gasteiger charge is -2.15. The second-order valence-electron chi connectivity index (χ2n) is 7.63. The minimum Gasteiger partial charge on any atom is -0.506 e. The molecule has 0 aliphatic rings. The van der Waals surface area contributed by atoms with Crippen molar-refractivity contribution < 1.29 is 34.0 Å². The summed E-state index contributed by atoms with van der Waals surface area (Å²) >= 11 is 0. The van der Waals surface area contributed by atoms with Gasteiger partial charge in [-0.05, 0) is 18.2 Å². The highest BCUT2D eigenvalue weighted by Crippen LogP contribution is 2.49. The first kappa shape index (κ1) is 24.7. The van der Waals surface area contributed by atoms with Crippen LogP contribution in [0.25, 0.3) is 21.5 Å². The second-order valence-corrected chi connectivity index (χ2v) is 7.63. The average Bonchev–Trinajstić information content (AvgIpc) is 2.83. The minimum atomic E-state index is -0.827. The van der Waals surface area contributed by atoms with E-state index < -0.39 is 33.2 Å². The lowest BCUT2D eigenvalue weighted by molar-refractivity contribution is -0.393. The molecule has 0 saturated carbocycles. The highest BCUT2D eigenvalue weighted by molar-refractivity contribution is 6.18. The summed E-state index contributed by atoms with van der Waals surface area (Å²) in [4.78, 5) is 44.3. The third-order valence-corrected chi connectivity index (χ3v) is 5.17. The Labute approximate surface area is 206 Å². The maximum atomic E-state index is 11.7. The Bertz CT molecular complexity index is 1590. The summed E-state index contributed by atoms with van der Waals surface area (Å²) < 4.78 is 10.5. The fourth-order valence-electron chi connectivity index (χ4n) is 3.76. The summed E-state index contributed by atoms with van der Waals surface area (Å²) in [6.45, 7) is 2.35. The number of phenols is 1. The van der Waals surface area contributed by atoms with E-state index in [2.05, 4.69) is 10.2 Å². The van der Waals surface area contributed by atoms with Gasteiger partial charge in [-0.15, -0.1) is 10.2 Å². The van der Waals surface area contributed by atoms with Crippen molar-refractivity contribution in [2.75, 3.05) is 0 Å². The van der Waals surface area contributed by atoms with Gasteiger partial charge in [0.05, 0.1) is 26.7 Å². The quantitative estimate of drug-likeness (QED) is 0.0848. The van der Waals surface area contributed by atoms with Gasteiger partial charge in [-0.1, -0.05) is 24.3 Å². The Balaban J connectivity index is 2.06. The van der Waals surface area contributed by atoms with Crippen LogP contribution in [0.3, 0.4) is 0 Å². The molecule has 0 radical (unpaired) electrons. The fraction of sp³-hybridized carbons (Fsp3) is 0.0833. The molecule has 13 heteroatoms. The van der Waals surface area contributed by atoms with Crippen molar-refractivity contribution in [3.63, 3.8) is 0 Å². The van der Waals surface area contributed by atoms with E-state index in [4.69, 9.17) is 9.47 Å². The molecule has 0 amide bonds. The number of phenolic OH excluding ortho intramolecular Hbond substituents is 1. The first-order valence-electron chi connectivity index (χ1n) is 10.5. The second kappa shape index (κ2) is 9.65. The van der Waals surface area contributed by atoms with E-state index in [9.17, 15) is 34.9 Å². The molecule has 0 saturated heterocycles. The number of esters is 2. The van der Waals surface area contributed by atoms with Gasteiger partial charge < -0.3 is 14.6 Å². The largest absolute Gasteiger partial charge is 0.506 e. The van der Waals surface area contributed by atoms with Crippen molar-refractivity contribution in [1.82, 2.24) is 0 Å². The van der Waals surface area contributed by atoms with Crippen molar-refractivity contribution in [3.05, 3.63) is 74.8 Å². The molecule has 0 aliphatic carbocycles. The molecule has 1 N–H and O–H groups in total. The van der Waals surface area contributed by atoms with E-state index in [1.165, 1.54) is 38.1 Å². The number of aromatic hydroxyl groups is 1. The zero-order valence-corrected chi connectivity index (χ0v) is 19.2. The van der Waals surface area contributed by atoms with Gasteiger partial charge in [-0.25, -0.2) is 0 Å².